The molecule has 11 heavy (non-hydrogen) atoms. The summed E-state index contributed by atoms with van der Waals surface area (Å²) in [5.74, 6) is -0.778. The van der Waals surface area contributed by atoms with Gasteiger partial charge in [0.05, 0.1) is 0 Å². The number of hydrogen-bond acceptors (Lipinski definition) is 1. The van der Waals surface area contributed by atoms with Gasteiger partial charge >= 0.3 is 0 Å². The third-order valence-corrected chi connectivity index (χ3v) is 0.785. The van der Waals surface area contributed by atoms with Crippen LogP contribution in [0.3, 0.4) is 0 Å². The number of rotatable bonds is 1. The van der Waals surface area contributed by atoms with Gasteiger partial charge in [0.2, 0.25) is 11.9 Å². The second kappa shape index (κ2) is 4.26. The highest BCUT2D eigenvalue weighted by Crippen LogP contribution is 1.82. The highest BCUT2D eigenvalue weighted by Gasteiger charge is 1.94. The summed E-state index contributed by atoms with van der Waals surface area (Å²) in [7, 11) is 0. The van der Waals surface area contributed by atoms with E-state index in [2.05, 4.69) is 9.98 Å². The van der Waals surface area contributed by atoms with Gasteiger partial charge in [0, 0.05) is 6.42 Å². The third kappa shape index (κ3) is 4.89. The van der Waals surface area contributed by atoms with Crippen LogP contribution >= 0.6 is 0 Å². The lowest BCUT2D eigenvalue weighted by molar-refractivity contribution is -0.117. The van der Waals surface area contributed by atoms with Crippen LogP contribution in [-0.2, 0) is 4.79 Å². The van der Waals surface area contributed by atoms with Crippen LogP contribution in [0.15, 0.2) is 9.98 Å². The molecule has 0 saturated heterocycles. The lowest BCUT2D eigenvalue weighted by Crippen LogP contribution is -2.26. The standard InChI is InChI=1S/C5H11N5O/c1-2-3(11)9-5(8)10-4(6)7/h2H2,1H3,(H6,6,7,8,9,10,11). The van der Waals surface area contributed by atoms with Crippen molar-refractivity contribution in [2.24, 2.45) is 27.2 Å². The van der Waals surface area contributed by atoms with Crippen LogP contribution < -0.4 is 17.2 Å². The summed E-state index contributed by atoms with van der Waals surface area (Å²) in [6.45, 7) is 1.66. The van der Waals surface area contributed by atoms with E-state index in [-0.39, 0.29) is 24.2 Å². The number of amides is 1. The first-order chi connectivity index (χ1) is 5.06. The Labute approximate surface area is 64.2 Å². The van der Waals surface area contributed by atoms with Crippen molar-refractivity contribution in [2.75, 3.05) is 0 Å². The molecule has 0 aromatic rings. The minimum atomic E-state index is -0.354. The Morgan fingerprint density at radius 2 is 1.82 bits per heavy atom. The van der Waals surface area contributed by atoms with Crippen molar-refractivity contribution in [3.63, 3.8) is 0 Å². The molecule has 6 heteroatoms. The zero-order valence-electron chi connectivity index (χ0n) is 6.24. The number of aliphatic imine (C=N–C) groups is 2. The molecule has 0 spiro atoms. The lowest BCUT2D eigenvalue weighted by Gasteiger charge is -1.91. The second-order valence-corrected chi connectivity index (χ2v) is 1.75. The molecule has 0 fully saturated rings. The molecule has 0 rings (SSSR count). The van der Waals surface area contributed by atoms with Gasteiger partial charge in [-0.2, -0.15) is 9.98 Å². The Morgan fingerprint density at radius 1 is 1.27 bits per heavy atom. The summed E-state index contributed by atoms with van der Waals surface area (Å²) in [6, 6.07) is 0. The van der Waals surface area contributed by atoms with Crippen LogP contribution in [0.1, 0.15) is 13.3 Å². The molecule has 0 heterocycles. The van der Waals surface area contributed by atoms with Crippen LogP contribution in [0.4, 0.5) is 0 Å². The molecule has 0 aromatic carbocycles. The van der Waals surface area contributed by atoms with Crippen LogP contribution in [0.2, 0.25) is 0 Å². The first-order valence-electron chi connectivity index (χ1n) is 3.03. The zero-order valence-corrected chi connectivity index (χ0v) is 6.24. The maximum Gasteiger partial charge on any atom is 0.248 e. The number of carbonyl (C=O) groups is 1. The molecule has 0 radical (unpaired) electrons. The molecule has 0 aliphatic heterocycles. The van der Waals surface area contributed by atoms with Gasteiger partial charge in [-0.15, -0.1) is 0 Å². The van der Waals surface area contributed by atoms with Crippen molar-refractivity contribution in [3.8, 4) is 0 Å². The molecule has 1 amide bonds. The fourth-order valence-electron chi connectivity index (χ4n) is 0.364. The Morgan fingerprint density at radius 3 is 2.18 bits per heavy atom. The molecular weight excluding hydrogens is 146 g/mol. The van der Waals surface area contributed by atoms with Gasteiger partial charge in [0.15, 0.2) is 5.96 Å². The minimum absolute atomic E-state index is 0.211. The molecule has 62 valence electrons. The zero-order chi connectivity index (χ0) is 8.85. The summed E-state index contributed by atoms with van der Waals surface area (Å²) in [6.07, 6.45) is 0.278. The number of hydrogen-bond donors (Lipinski definition) is 3. The molecule has 0 bridgehead atoms. The topological polar surface area (TPSA) is 120 Å². The summed E-state index contributed by atoms with van der Waals surface area (Å²) >= 11 is 0. The molecule has 0 aromatic heterocycles. The number of carbonyl (C=O) groups excluding carboxylic acids is 1. The monoisotopic (exact) mass is 157 g/mol. The fourth-order valence-corrected chi connectivity index (χ4v) is 0.364. The van der Waals surface area contributed by atoms with Gasteiger partial charge < -0.3 is 17.2 Å². The van der Waals surface area contributed by atoms with Crippen LogP contribution in [0.25, 0.3) is 0 Å². The van der Waals surface area contributed by atoms with E-state index in [1.165, 1.54) is 0 Å². The van der Waals surface area contributed by atoms with E-state index in [1.54, 1.807) is 6.92 Å². The van der Waals surface area contributed by atoms with Gasteiger partial charge in [-0.25, -0.2) is 0 Å². The summed E-state index contributed by atoms with van der Waals surface area (Å²) in [4.78, 5) is 17.3. The molecule has 0 atom stereocenters. The van der Waals surface area contributed by atoms with Crippen LogP contribution in [-0.4, -0.2) is 17.8 Å². The lowest BCUT2D eigenvalue weighted by atomic mass is 10.5. The average Bonchev–Trinajstić information content (AvgIpc) is 1.85. The SMILES string of the molecule is CCC(=O)N=C(N)N=C(N)N. The molecule has 0 unspecified atom stereocenters. The second-order valence-electron chi connectivity index (χ2n) is 1.75. The third-order valence-electron chi connectivity index (χ3n) is 0.785. The van der Waals surface area contributed by atoms with Crippen molar-refractivity contribution in [1.29, 1.82) is 0 Å². The molecule has 6 N–H and O–H groups in total. The van der Waals surface area contributed by atoms with Crippen molar-refractivity contribution < 1.29 is 4.79 Å². The maximum atomic E-state index is 10.6. The fraction of sp³-hybridized carbons (Fsp3) is 0.400. The van der Waals surface area contributed by atoms with Gasteiger partial charge in [0.1, 0.15) is 0 Å². The Balaban J connectivity index is 4.23. The normalized spacial score (nSPS) is 10.8. The average molecular weight is 157 g/mol. The Kier molecular flexibility index (Phi) is 3.65. The molecule has 0 saturated carbocycles. The van der Waals surface area contributed by atoms with Crippen molar-refractivity contribution in [2.45, 2.75) is 13.3 Å². The Bertz CT molecular complexity index is 203. The van der Waals surface area contributed by atoms with Crippen LogP contribution in [0, 0.1) is 0 Å². The van der Waals surface area contributed by atoms with Gasteiger partial charge in [-0.3, -0.25) is 4.79 Å². The predicted octanol–water partition coefficient (Wildman–Crippen LogP) is -1.49. The van der Waals surface area contributed by atoms with E-state index < -0.39 is 0 Å². The van der Waals surface area contributed by atoms with Crippen molar-refractivity contribution in [1.82, 2.24) is 0 Å². The van der Waals surface area contributed by atoms with E-state index in [1.807, 2.05) is 0 Å². The molecule has 0 aliphatic rings. The van der Waals surface area contributed by atoms with Gasteiger partial charge in [-0.1, -0.05) is 6.92 Å². The highest BCUT2D eigenvalue weighted by molar-refractivity contribution is 5.98. The highest BCUT2D eigenvalue weighted by atomic mass is 16.1. The summed E-state index contributed by atoms with van der Waals surface area (Å²) in [5.41, 5.74) is 15.1. The number of nitrogens with two attached hydrogens (primary N) is 3. The molecule has 6 nitrogen and oxygen atoms in total. The van der Waals surface area contributed by atoms with Crippen LogP contribution in [0.5, 0.6) is 0 Å². The van der Waals surface area contributed by atoms with Crippen molar-refractivity contribution in [3.05, 3.63) is 0 Å². The van der Waals surface area contributed by atoms with E-state index in [0.717, 1.165) is 0 Å². The van der Waals surface area contributed by atoms with Gasteiger partial charge in [-0.05, 0) is 0 Å². The summed E-state index contributed by atoms with van der Waals surface area (Å²) in [5, 5.41) is 0. The first-order valence-corrected chi connectivity index (χ1v) is 3.03. The smallest absolute Gasteiger partial charge is 0.248 e. The van der Waals surface area contributed by atoms with E-state index in [9.17, 15) is 4.79 Å². The van der Waals surface area contributed by atoms with Gasteiger partial charge in [0.25, 0.3) is 0 Å². The quantitative estimate of drug-likeness (QED) is 0.317. The largest absolute Gasteiger partial charge is 0.370 e. The minimum Gasteiger partial charge on any atom is -0.370 e. The Hall–Kier alpha value is -1.59. The number of nitrogens with zero attached hydrogens (tertiary/aromatic N) is 2. The predicted molar refractivity (Wildman–Crippen MR) is 42.7 cm³/mol. The number of guanidine groups is 2. The van der Waals surface area contributed by atoms with E-state index in [0.29, 0.717) is 0 Å². The maximum absolute atomic E-state index is 10.6. The molecule has 0 aliphatic carbocycles. The van der Waals surface area contributed by atoms with Crippen molar-refractivity contribution >= 4 is 17.8 Å². The van der Waals surface area contributed by atoms with E-state index in [4.69, 9.17) is 17.2 Å². The van der Waals surface area contributed by atoms with E-state index >= 15 is 0 Å². The summed E-state index contributed by atoms with van der Waals surface area (Å²) < 4.78 is 0. The first kappa shape index (κ1) is 9.41. The molecular formula is C5H11N5O.